The van der Waals surface area contributed by atoms with E-state index in [4.69, 9.17) is 0 Å². The summed E-state index contributed by atoms with van der Waals surface area (Å²) in [5, 5.41) is 8.09. The summed E-state index contributed by atoms with van der Waals surface area (Å²) in [6.45, 7) is 3.19. The van der Waals surface area contributed by atoms with Gasteiger partial charge in [0, 0.05) is 0 Å². The van der Waals surface area contributed by atoms with Crippen molar-refractivity contribution in [2.45, 2.75) is 38.1 Å². The molecule has 1 nitrogen and oxygen atoms in total. The van der Waals surface area contributed by atoms with Crippen LogP contribution in [-0.2, 0) is 0 Å². The van der Waals surface area contributed by atoms with E-state index in [1.54, 1.807) is 16.9 Å². The Morgan fingerprint density at radius 1 is 1.26 bits per heavy atom. The van der Waals surface area contributed by atoms with Gasteiger partial charge in [0.05, 0.1) is 6.04 Å². The Balaban J connectivity index is 1.97. The molecule has 1 aliphatic rings. The van der Waals surface area contributed by atoms with Crippen molar-refractivity contribution in [1.29, 1.82) is 0 Å². The summed E-state index contributed by atoms with van der Waals surface area (Å²) in [5.41, 5.74) is 4.44. The van der Waals surface area contributed by atoms with E-state index in [1.165, 1.54) is 30.4 Å². The zero-order chi connectivity index (χ0) is 13.1. The lowest BCUT2D eigenvalue weighted by Gasteiger charge is -2.30. The van der Waals surface area contributed by atoms with Crippen LogP contribution < -0.4 is 5.32 Å². The Bertz CT molecular complexity index is 514. The van der Waals surface area contributed by atoms with Gasteiger partial charge in [0.15, 0.2) is 0 Å². The molecule has 0 aliphatic heterocycles. The maximum atomic E-state index is 3.65. The highest BCUT2D eigenvalue weighted by atomic mass is 32.1. The molecule has 2 aromatic rings. The SMILES string of the molecule is CCNC(c1ccsc1)c1ccccc1C1CCC1. The standard InChI is InChI=1S/C17H21NS/c1-2-18-17(14-10-11-19-12-14)16-9-4-3-8-15(16)13-6-5-7-13/h3-4,8-13,17-18H,2,5-7H2,1H3. The highest BCUT2D eigenvalue weighted by molar-refractivity contribution is 7.08. The van der Waals surface area contributed by atoms with Crippen molar-refractivity contribution in [3.8, 4) is 0 Å². The van der Waals surface area contributed by atoms with Gasteiger partial charge in [-0.3, -0.25) is 0 Å². The summed E-state index contributed by atoms with van der Waals surface area (Å²) in [6.07, 6.45) is 4.11. The summed E-state index contributed by atoms with van der Waals surface area (Å²) in [4.78, 5) is 0. The zero-order valence-corrected chi connectivity index (χ0v) is 12.2. The van der Waals surface area contributed by atoms with E-state index in [-0.39, 0.29) is 0 Å². The molecule has 0 radical (unpaired) electrons. The second-order valence-corrected chi connectivity index (χ2v) is 6.08. The molecule has 1 aliphatic carbocycles. The van der Waals surface area contributed by atoms with Gasteiger partial charge < -0.3 is 5.32 Å². The first-order valence-electron chi connectivity index (χ1n) is 7.24. The molecule has 1 heterocycles. The van der Waals surface area contributed by atoms with Crippen LogP contribution in [0.1, 0.15) is 54.8 Å². The van der Waals surface area contributed by atoms with Crippen molar-refractivity contribution in [3.63, 3.8) is 0 Å². The van der Waals surface area contributed by atoms with Gasteiger partial charge in [-0.2, -0.15) is 11.3 Å². The predicted molar refractivity (Wildman–Crippen MR) is 82.9 cm³/mol. The van der Waals surface area contributed by atoms with Gasteiger partial charge in [0.2, 0.25) is 0 Å². The first kappa shape index (κ1) is 12.9. The van der Waals surface area contributed by atoms with Crippen molar-refractivity contribution < 1.29 is 0 Å². The molecule has 1 fully saturated rings. The van der Waals surface area contributed by atoms with E-state index >= 15 is 0 Å². The number of rotatable bonds is 5. The molecule has 0 saturated heterocycles. The fraction of sp³-hybridized carbons (Fsp3) is 0.412. The summed E-state index contributed by atoms with van der Waals surface area (Å²) in [5.74, 6) is 0.788. The molecule has 1 saturated carbocycles. The normalized spacial score (nSPS) is 17.1. The van der Waals surface area contributed by atoms with Crippen LogP contribution in [0.15, 0.2) is 41.1 Å². The first-order chi connectivity index (χ1) is 9.40. The lowest BCUT2D eigenvalue weighted by Crippen LogP contribution is -2.24. The molecule has 2 heteroatoms. The van der Waals surface area contributed by atoms with Crippen molar-refractivity contribution >= 4 is 11.3 Å². The van der Waals surface area contributed by atoms with Crippen LogP contribution in [0.2, 0.25) is 0 Å². The van der Waals surface area contributed by atoms with Gasteiger partial charge in [-0.1, -0.05) is 37.6 Å². The Morgan fingerprint density at radius 3 is 2.74 bits per heavy atom. The minimum atomic E-state index is 0.355. The largest absolute Gasteiger partial charge is 0.306 e. The van der Waals surface area contributed by atoms with Gasteiger partial charge in [0.1, 0.15) is 0 Å². The van der Waals surface area contributed by atoms with Crippen LogP contribution in [0.5, 0.6) is 0 Å². The van der Waals surface area contributed by atoms with Gasteiger partial charge in [0.25, 0.3) is 0 Å². The van der Waals surface area contributed by atoms with E-state index in [0.717, 1.165) is 12.5 Å². The van der Waals surface area contributed by atoms with Gasteiger partial charge >= 0.3 is 0 Å². The van der Waals surface area contributed by atoms with Crippen LogP contribution in [0.4, 0.5) is 0 Å². The third kappa shape index (κ3) is 2.60. The molecular formula is C17H21NS. The maximum Gasteiger partial charge on any atom is 0.0587 e. The van der Waals surface area contributed by atoms with Crippen LogP contribution >= 0.6 is 11.3 Å². The lowest BCUT2D eigenvalue weighted by molar-refractivity contribution is 0.414. The number of thiophene rings is 1. The van der Waals surface area contributed by atoms with Gasteiger partial charge in [-0.15, -0.1) is 0 Å². The van der Waals surface area contributed by atoms with E-state index < -0.39 is 0 Å². The van der Waals surface area contributed by atoms with Crippen LogP contribution in [0.25, 0.3) is 0 Å². The topological polar surface area (TPSA) is 12.0 Å². The highest BCUT2D eigenvalue weighted by Gasteiger charge is 2.25. The molecule has 19 heavy (non-hydrogen) atoms. The van der Waals surface area contributed by atoms with E-state index in [2.05, 4.69) is 53.3 Å². The molecule has 1 aromatic heterocycles. The molecule has 1 N–H and O–H groups in total. The fourth-order valence-corrected chi connectivity index (χ4v) is 3.60. The van der Waals surface area contributed by atoms with Crippen LogP contribution in [-0.4, -0.2) is 6.54 Å². The van der Waals surface area contributed by atoms with E-state index in [0.29, 0.717) is 6.04 Å². The average Bonchev–Trinajstić information content (AvgIpc) is 2.88. The monoisotopic (exact) mass is 271 g/mol. The second-order valence-electron chi connectivity index (χ2n) is 5.30. The summed E-state index contributed by atoms with van der Waals surface area (Å²) in [7, 11) is 0. The van der Waals surface area contributed by atoms with Crippen LogP contribution in [0, 0.1) is 0 Å². The van der Waals surface area contributed by atoms with E-state index in [9.17, 15) is 0 Å². The quantitative estimate of drug-likeness (QED) is 0.830. The Hall–Kier alpha value is -1.12. The minimum Gasteiger partial charge on any atom is -0.306 e. The third-order valence-electron chi connectivity index (χ3n) is 4.14. The molecule has 0 amide bonds. The number of hydrogen-bond acceptors (Lipinski definition) is 2. The molecule has 1 unspecified atom stereocenters. The molecule has 1 aromatic carbocycles. The zero-order valence-electron chi connectivity index (χ0n) is 11.4. The summed E-state index contributed by atoms with van der Waals surface area (Å²) >= 11 is 1.78. The van der Waals surface area contributed by atoms with Crippen molar-refractivity contribution in [2.24, 2.45) is 0 Å². The highest BCUT2D eigenvalue weighted by Crippen LogP contribution is 2.40. The number of hydrogen-bond donors (Lipinski definition) is 1. The number of nitrogens with one attached hydrogen (secondary N) is 1. The first-order valence-corrected chi connectivity index (χ1v) is 8.18. The van der Waals surface area contributed by atoms with Crippen LogP contribution in [0.3, 0.4) is 0 Å². The Kier molecular flexibility index (Phi) is 4.00. The Labute approximate surface area is 119 Å². The summed E-state index contributed by atoms with van der Waals surface area (Å²) < 4.78 is 0. The minimum absolute atomic E-state index is 0.355. The molecular weight excluding hydrogens is 250 g/mol. The molecule has 1 atom stereocenters. The summed E-state index contributed by atoms with van der Waals surface area (Å²) in [6, 6.07) is 11.6. The molecule has 0 spiro atoms. The molecule has 0 bridgehead atoms. The van der Waals surface area contributed by atoms with Crippen molar-refractivity contribution in [3.05, 3.63) is 57.8 Å². The van der Waals surface area contributed by atoms with Crippen molar-refractivity contribution in [2.75, 3.05) is 6.54 Å². The Morgan fingerprint density at radius 2 is 2.11 bits per heavy atom. The average molecular weight is 271 g/mol. The lowest BCUT2D eigenvalue weighted by atomic mass is 9.76. The maximum absolute atomic E-state index is 3.65. The predicted octanol–water partition coefficient (Wildman–Crippen LogP) is 4.71. The van der Waals surface area contributed by atoms with Gasteiger partial charge in [-0.05, 0) is 58.8 Å². The fourth-order valence-electron chi connectivity index (χ4n) is 2.92. The smallest absolute Gasteiger partial charge is 0.0587 e. The second kappa shape index (κ2) is 5.89. The van der Waals surface area contributed by atoms with Crippen molar-refractivity contribution in [1.82, 2.24) is 5.32 Å². The van der Waals surface area contributed by atoms with E-state index in [1.807, 2.05) is 0 Å². The number of benzene rings is 1. The molecule has 100 valence electrons. The van der Waals surface area contributed by atoms with Gasteiger partial charge in [-0.25, -0.2) is 0 Å². The molecule has 3 rings (SSSR count). The third-order valence-corrected chi connectivity index (χ3v) is 4.84.